The molecule has 1 N–H and O–H groups in total. The predicted molar refractivity (Wildman–Crippen MR) is 85.0 cm³/mol. The van der Waals surface area contributed by atoms with Gasteiger partial charge >= 0.3 is 0 Å². The molecule has 0 bridgehead atoms. The van der Waals surface area contributed by atoms with Crippen LogP contribution in [0.15, 0.2) is 24.3 Å². The highest BCUT2D eigenvalue weighted by Gasteiger charge is 2.21. The van der Waals surface area contributed by atoms with Crippen molar-refractivity contribution in [3.8, 4) is 0 Å². The van der Waals surface area contributed by atoms with Gasteiger partial charge in [0, 0.05) is 12.6 Å². The van der Waals surface area contributed by atoms with Gasteiger partial charge < -0.3 is 10.1 Å². The van der Waals surface area contributed by atoms with Crippen molar-refractivity contribution in [3.05, 3.63) is 35.4 Å². The number of benzene rings is 1. The van der Waals surface area contributed by atoms with Crippen LogP contribution in [0.1, 0.15) is 63.5 Å². The first kappa shape index (κ1) is 15.5. The molecule has 2 rings (SSSR count). The van der Waals surface area contributed by atoms with Gasteiger partial charge in [-0.25, -0.2) is 0 Å². The lowest BCUT2D eigenvalue weighted by Crippen LogP contribution is -2.22. The molecule has 0 aliphatic heterocycles. The zero-order valence-corrected chi connectivity index (χ0v) is 13.2. The zero-order chi connectivity index (χ0) is 14.4. The van der Waals surface area contributed by atoms with Gasteiger partial charge in [-0.3, -0.25) is 0 Å². The Labute approximate surface area is 123 Å². The van der Waals surface area contributed by atoms with E-state index in [1.54, 1.807) is 0 Å². The Morgan fingerprint density at radius 1 is 1.20 bits per heavy atom. The van der Waals surface area contributed by atoms with Crippen LogP contribution < -0.4 is 5.32 Å². The summed E-state index contributed by atoms with van der Waals surface area (Å²) < 4.78 is 5.84. The van der Waals surface area contributed by atoms with E-state index in [1.165, 1.54) is 30.4 Å². The van der Waals surface area contributed by atoms with E-state index in [2.05, 4.69) is 50.4 Å². The highest BCUT2D eigenvalue weighted by atomic mass is 16.5. The summed E-state index contributed by atoms with van der Waals surface area (Å²) in [5, 5.41) is 3.60. The summed E-state index contributed by atoms with van der Waals surface area (Å²) in [7, 11) is 0. The van der Waals surface area contributed by atoms with E-state index in [1.807, 2.05) is 0 Å². The third-order valence-electron chi connectivity index (χ3n) is 4.07. The summed E-state index contributed by atoms with van der Waals surface area (Å²) in [6, 6.07) is 9.72. The molecule has 2 atom stereocenters. The second-order valence-electron chi connectivity index (χ2n) is 6.24. The van der Waals surface area contributed by atoms with Crippen LogP contribution in [0.4, 0.5) is 0 Å². The Bertz CT molecular complexity index is 383. The van der Waals surface area contributed by atoms with E-state index >= 15 is 0 Å². The topological polar surface area (TPSA) is 21.3 Å². The molecule has 0 aromatic heterocycles. The van der Waals surface area contributed by atoms with Gasteiger partial charge in [-0.2, -0.15) is 0 Å². The molecule has 2 nitrogen and oxygen atoms in total. The van der Waals surface area contributed by atoms with Gasteiger partial charge in [-0.15, -0.1) is 0 Å². The molecule has 0 radical (unpaired) electrons. The van der Waals surface area contributed by atoms with E-state index in [4.69, 9.17) is 4.74 Å². The minimum absolute atomic E-state index is 0.362. The van der Waals surface area contributed by atoms with Crippen LogP contribution in [-0.4, -0.2) is 18.7 Å². The lowest BCUT2D eigenvalue weighted by Gasteiger charge is -2.15. The molecule has 1 fully saturated rings. The van der Waals surface area contributed by atoms with Crippen molar-refractivity contribution in [2.75, 3.05) is 6.54 Å². The van der Waals surface area contributed by atoms with Crippen molar-refractivity contribution in [2.24, 2.45) is 0 Å². The van der Waals surface area contributed by atoms with E-state index in [0.717, 1.165) is 25.6 Å². The molecule has 1 aliphatic carbocycles. The Balaban J connectivity index is 1.76. The number of ether oxygens (including phenoxy) is 1. The minimum atomic E-state index is 0.362. The van der Waals surface area contributed by atoms with E-state index in [-0.39, 0.29) is 0 Å². The second kappa shape index (κ2) is 7.80. The molecule has 0 spiro atoms. The van der Waals surface area contributed by atoms with Crippen LogP contribution in [0.25, 0.3) is 0 Å². The lowest BCUT2D eigenvalue weighted by molar-refractivity contribution is 0.0472. The highest BCUT2D eigenvalue weighted by molar-refractivity contribution is 5.25. The Hall–Kier alpha value is -0.860. The number of nitrogens with one attached hydrogen (secondary N) is 1. The number of hydrogen-bond acceptors (Lipinski definition) is 2. The van der Waals surface area contributed by atoms with Crippen LogP contribution in [0.3, 0.4) is 0 Å². The number of hydrogen-bond donors (Lipinski definition) is 1. The van der Waals surface area contributed by atoms with Crippen molar-refractivity contribution in [1.82, 2.24) is 5.32 Å². The first-order valence-corrected chi connectivity index (χ1v) is 8.13. The van der Waals surface area contributed by atoms with Crippen molar-refractivity contribution >= 4 is 0 Å². The van der Waals surface area contributed by atoms with Crippen molar-refractivity contribution in [2.45, 2.75) is 71.1 Å². The molecule has 0 heterocycles. The highest BCUT2D eigenvalue weighted by Crippen LogP contribution is 2.21. The SMILES string of the molecule is CCCC(C)OCc1ccc(C(C)CNC2CC2)cc1. The first-order valence-electron chi connectivity index (χ1n) is 8.13. The summed E-state index contributed by atoms with van der Waals surface area (Å²) in [6.07, 6.45) is 5.41. The zero-order valence-electron chi connectivity index (χ0n) is 13.2. The molecule has 2 unspecified atom stereocenters. The summed E-state index contributed by atoms with van der Waals surface area (Å²) >= 11 is 0. The predicted octanol–water partition coefficient (Wildman–Crippen LogP) is 4.25. The fourth-order valence-corrected chi connectivity index (χ4v) is 2.42. The number of rotatable bonds is 9. The van der Waals surface area contributed by atoms with Gasteiger partial charge in [-0.05, 0) is 43.2 Å². The van der Waals surface area contributed by atoms with Crippen LogP contribution in [-0.2, 0) is 11.3 Å². The van der Waals surface area contributed by atoms with Gasteiger partial charge in [0.2, 0.25) is 0 Å². The molecule has 0 amide bonds. The molecule has 2 heteroatoms. The summed E-state index contributed by atoms with van der Waals surface area (Å²) in [5.74, 6) is 0.588. The van der Waals surface area contributed by atoms with E-state index < -0.39 is 0 Å². The van der Waals surface area contributed by atoms with Crippen LogP contribution >= 0.6 is 0 Å². The molecule has 1 aromatic rings. The average Bonchev–Trinajstić information content (AvgIpc) is 3.28. The van der Waals surface area contributed by atoms with Crippen LogP contribution in [0.2, 0.25) is 0 Å². The van der Waals surface area contributed by atoms with Crippen LogP contribution in [0.5, 0.6) is 0 Å². The molecular formula is C18H29NO. The monoisotopic (exact) mass is 275 g/mol. The third-order valence-corrected chi connectivity index (χ3v) is 4.07. The summed E-state index contributed by atoms with van der Waals surface area (Å²) in [6.45, 7) is 8.48. The maximum absolute atomic E-state index is 5.84. The van der Waals surface area contributed by atoms with Crippen molar-refractivity contribution in [3.63, 3.8) is 0 Å². The van der Waals surface area contributed by atoms with E-state index in [0.29, 0.717) is 12.0 Å². The Morgan fingerprint density at radius 2 is 1.90 bits per heavy atom. The smallest absolute Gasteiger partial charge is 0.0720 e. The molecule has 1 aliphatic rings. The fraction of sp³-hybridized carbons (Fsp3) is 0.667. The molecule has 112 valence electrons. The summed E-state index contributed by atoms with van der Waals surface area (Å²) in [5.41, 5.74) is 2.70. The first-order chi connectivity index (χ1) is 9.69. The fourth-order valence-electron chi connectivity index (χ4n) is 2.42. The van der Waals surface area contributed by atoms with Gasteiger partial charge in [0.15, 0.2) is 0 Å². The Morgan fingerprint density at radius 3 is 2.50 bits per heavy atom. The second-order valence-corrected chi connectivity index (χ2v) is 6.24. The molecule has 1 saturated carbocycles. The quantitative estimate of drug-likeness (QED) is 0.727. The standard InChI is InChI=1S/C18H29NO/c1-4-5-15(3)20-13-16-6-8-17(9-7-16)14(2)12-19-18-10-11-18/h6-9,14-15,18-19H,4-5,10-13H2,1-3H3. The van der Waals surface area contributed by atoms with E-state index in [9.17, 15) is 0 Å². The average molecular weight is 275 g/mol. The van der Waals surface area contributed by atoms with Gasteiger partial charge in [0.05, 0.1) is 12.7 Å². The maximum Gasteiger partial charge on any atom is 0.0720 e. The minimum Gasteiger partial charge on any atom is -0.374 e. The lowest BCUT2D eigenvalue weighted by atomic mass is 10.00. The maximum atomic E-state index is 5.84. The molecule has 0 saturated heterocycles. The molecule has 20 heavy (non-hydrogen) atoms. The third kappa shape index (κ3) is 5.26. The van der Waals surface area contributed by atoms with Crippen molar-refractivity contribution in [1.29, 1.82) is 0 Å². The summed E-state index contributed by atoms with van der Waals surface area (Å²) in [4.78, 5) is 0. The normalized spacial score (nSPS) is 17.9. The van der Waals surface area contributed by atoms with Crippen LogP contribution in [0, 0.1) is 0 Å². The Kier molecular flexibility index (Phi) is 6.06. The molecule has 1 aromatic carbocycles. The van der Waals surface area contributed by atoms with Gasteiger partial charge in [0.1, 0.15) is 0 Å². The van der Waals surface area contributed by atoms with Crippen molar-refractivity contribution < 1.29 is 4.74 Å². The van der Waals surface area contributed by atoms with Gasteiger partial charge in [0.25, 0.3) is 0 Å². The van der Waals surface area contributed by atoms with Gasteiger partial charge in [-0.1, -0.05) is 44.5 Å². The largest absolute Gasteiger partial charge is 0.374 e. The molecular weight excluding hydrogens is 246 g/mol.